The van der Waals surface area contributed by atoms with Gasteiger partial charge < -0.3 is 4.74 Å². The van der Waals surface area contributed by atoms with Gasteiger partial charge in [-0.3, -0.25) is 4.79 Å². The van der Waals surface area contributed by atoms with Crippen LogP contribution in [-0.2, 0) is 15.7 Å². The summed E-state index contributed by atoms with van der Waals surface area (Å²) < 4.78 is 44.7. The summed E-state index contributed by atoms with van der Waals surface area (Å²) in [5, 5.41) is 0.387. The number of fused-ring (bicyclic) bond motifs is 1. The molecule has 0 unspecified atom stereocenters. The second-order valence-electron chi connectivity index (χ2n) is 4.84. The molecule has 9 heteroatoms. The summed E-state index contributed by atoms with van der Waals surface area (Å²) >= 11 is 1.73. The van der Waals surface area contributed by atoms with Gasteiger partial charge in [-0.2, -0.15) is 13.2 Å². The molecule has 1 saturated carbocycles. The Morgan fingerprint density at radius 2 is 2.18 bits per heavy atom. The largest absolute Gasteiger partial charge is 0.468 e. The molecule has 0 aliphatic heterocycles. The predicted octanol–water partition coefficient (Wildman–Crippen LogP) is 3.85. The van der Waals surface area contributed by atoms with E-state index in [1.807, 2.05) is 0 Å². The van der Waals surface area contributed by atoms with Crippen LogP contribution in [0.25, 0.3) is 10.2 Å². The van der Waals surface area contributed by atoms with Gasteiger partial charge in [0.1, 0.15) is 16.2 Å². The number of rotatable bonds is 4. The minimum Gasteiger partial charge on any atom is -0.468 e. The van der Waals surface area contributed by atoms with Crippen molar-refractivity contribution in [2.75, 3.05) is 12.9 Å². The quantitative estimate of drug-likeness (QED) is 0.477. The maximum Gasteiger partial charge on any atom is 0.425 e. The van der Waals surface area contributed by atoms with E-state index in [1.54, 1.807) is 0 Å². The molecule has 1 fully saturated rings. The van der Waals surface area contributed by atoms with Gasteiger partial charge in [0, 0.05) is 5.56 Å². The fraction of sp³-hybridized carbons (Fsp3) is 0.462. The number of carbonyl (C=O) groups excluding carboxylic acids is 1. The van der Waals surface area contributed by atoms with E-state index >= 15 is 0 Å². The van der Waals surface area contributed by atoms with Gasteiger partial charge in [0.2, 0.25) is 0 Å². The molecule has 0 aromatic carbocycles. The van der Waals surface area contributed by atoms with Crippen LogP contribution in [0.15, 0.2) is 11.4 Å². The molecule has 1 aliphatic rings. The number of hydrogen-bond donors (Lipinski definition) is 0. The normalized spacial score (nSPS) is 15.3. The number of alkyl halides is 3. The average molecular weight is 348 g/mol. The molecule has 4 nitrogen and oxygen atoms in total. The molecule has 22 heavy (non-hydrogen) atoms. The lowest BCUT2D eigenvalue weighted by molar-refractivity contribution is -0.137. The number of nitrogens with zero attached hydrogens (tertiary/aromatic N) is 2. The molecular weight excluding hydrogens is 337 g/mol. The van der Waals surface area contributed by atoms with E-state index in [0.717, 1.165) is 24.6 Å². The van der Waals surface area contributed by atoms with E-state index in [4.69, 9.17) is 0 Å². The van der Waals surface area contributed by atoms with Crippen LogP contribution >= 0.6 is 23.1 Å². The summed E-state index contributed by atoms with van der Waals surface area (Å²) in [5.74, 6) is -0.522. The van der Waals surface area contributed by atoms with Gasteiger partial charge in [0.25, 0.3) is 0 Å². The van der Waals surface area contributed by atoms with Gasteiger partial charge in [-0.05, 0) is 18.8 Å². The van der Waals surface area contributed by atoms with E-state index in [9.17, 15) is 18.0 Å². The standard InChI is InChI=1S/C13H11F3N2O2S2/c1-20-7(19)4-21-12-10-9(17-5-18-12)8(6-2-3-6)11(22-10)13(14,15)16/h5-6H,2-4H2,1H3. The molecule has 2 aromatic rings. The maximum atomic E-state index is 13.3. The van der Waals surface area contributed by atoms with E-state index in [2.05, 4.69) is 14.7 Å². The highest BCUT2D eigenvalue weighted by atomic mass is 32.2. The first-order chi connectivity index (χ1) is 10.4. The zero-order valence-electron chi connectivity index (χ0n) is 11.4. The zero-order valence-corrected chi connectivity index (χ0v) is 13.1. The first-order valence-electron chi connectivity index (χ1n) is 6.46. The molecule has 2 aromatic heterocycles. The molecule has 0 saturated heterocycles. The Morgan fingerprint density at radius 3 is 2.77 bits per heavy atom. The SMILES string of the molecule is COC(=O)CSc1ncnc2c(C3CC3)c(C(F)(F)F)sc12. The van der Waals surface area contributed by atoms with E-state index in [1.165, 1.54) is 13.4 Å². The Hall–Kier alpha value is -1.35. The highest BCUT2D eigenvalue weighted by molar-refractivity contribution is 8.00. The Balaban J connectivity index is 2.07. The molecule has 0 N–H and O–H groups in total. The van der Waals surface area contributed by atoms with Gasteiger partial charge in [0.15, 0.2) is 0 Å². The number of ether oxygens (including phenoxy) is 1. The van der Waals surface area contributed by atoms with Crippen molar-refractivity contribution in [3.63, 3.8) is 0 Å². The maximum absolute atomic E-state index is 13.3. The van der Waals surface area contributed by atoms with Gasteiger partial charge in [0.05, 0.1) is 23.1 Å². The number of carbonyl (C=O) groups is 1. The number of hydrogen-bond acceptors (Lipinski definition) is 6. The highest BCUT2D eigenvalue weighted by Gasteiger charge is 2.42. The number of aromatic nitrogens is 2. The lowest BCUT2D eigenvalue weighted by Crippen LogP contribution is -2.05. The lowest BCUT2D eigenvalue weighted by atomic mass is 10.1. The molecule has 0 atom stereocenters. The fourth-order valence-electron chi connectivity index (χ4n) is 2.16. The topological polar surface area (TPSA) is 52.1 Å². The summed E-state index contributed by atoms with van der Waals surface area (Å²) in [5.41, 5.74) is 0.650. The molecular formula is C13H11F3N2O2S2. The molecule has 3 rings (SSSR count). The molecule has 0 spiro atoms. The Morgan fingerprint density at radius 1 is 1.45 bits per heavy atom. The number of methoxy groups -OCH3 is 1. The van der Waals surface area contributed by atoms with Gasteiger partial charge in [-0.25, -0.2) is 9.97 Å². The van der Waals surface area contributed by atoms with Crippen molar-refractivity contribution in [3.05, 3.63) is 16.8 Å². The second-order valence-corrected chi connectivity index (χ2v) is 6.82. The summed E-state index contributed by atoms with van der Waals surface area (Å²) in [7, 11) is 1.26. The summed E-state index contributed by atoms with van der Waals surface area (Å²) in [4.78, 5) is 18.7. The Labute approximate surface area is 132 Å². The number of halogens is 3. The van der Waals surface area contributed by atoms with Crippen LogP contribution in [0, 0.1) is 0 Å². The van der Waals surface area contributed by atoms with Crippen molar-refractivity contribution in [3.8, 4) is 0 Å². The van der Waals surface area contributed by atoms with Crippen LogP contribution in [0.5, 0.6) is 0 Å². The minimum atomic E-state index is -4.40. The van der Waals surface area contributed by atoms with Crippen LogP contribution in [0.4, 0.5) is 13.2 Å². The monoisotopic (exact) mass is 348 g/mol. The van der Waals surface area contributed by atoms with Crippen molar-refractivity contribution >= 4 is 39.3 Å². The minimum absolute atomic E-state index is 0.000621. The number of thioether (sulfide) groups is 1. The molecule has 0 radical (unpaired) electrons. The fourth-order valence-corrected chi connectivity index (χ4v) is 4.27. The number of thiophene rings is 1. The van der Waals surface area contributed by atoms with Crippen molar-refractivity contribution in [2.45, 2.75) is 30.0 Å². The van der Waals surface area contributed by atoms with Crippen molar-refractivity contribution in [1.82, 2.24) is 9.97 Å². The predicted molar refractivity (Wildman–Crippen MR) is 77.1 cm³/mol. The first-order valence-corrected chi connectivity index (χ1v) is 8.26. The third-order valence-electron chi connectivity index (χ3n) is 3.27. The average Bonchev–Trinajstić information content (AvgIpc) is 3.22. The zero-order chi connectivity index (χ0) is 15.9. The summed E-state index contributed by atoms with van der Waals surface area (Å²) in [6.45, 7) is 0. The summed E-state index contributed by atoms with van der Waals surface area (Å²) in [6.07, 6.45) is -1.64. The van der Waals surface area contributed by atoms with Crippen molar-refractivity contribution in [2.24, 2.45) is 0 Å². The molecule has 0 amide bonds. The first kappa shape index (κ1) is 15.5. The summed E-state index contributed by atoms with van der Waals surface area (Å²) in [6, 6.07) is 0. The van der Waals surface area contributed by atoms with E-state index in [-0.39, 0.29) is 17.2 Å². The Bertz CT molecular complexity index is 726. The van der Waals surface area contributed by atoms with Crippen molar-refractivity contribution < 1.29 is 22.7 Å². The third-order valence-corrected chi connectivity index (χ3v) is 5.61. The molecule has 118 valence electrons. The van der Waals surface area contributed by atoms with Gasteiger partial charge in [-0.15, -0.1) is 11.3 Å². The molecule has 2 heterocycles. The van der Waals surface area contributed by atoms with Gasteiger partial charge in [-0.1, -0.05) is 11.8 Å². The van der Waals surface area contributed by atoms with Crippen LogP contribution < -0.4 is 0 Å². The lowest BCUT2D eigenvalue weighted by Gasteiger charge is -2.06. The van der Waals surface area contributed by atoms with E-state index < -0.39 is 17.0 Å². The van der Waals surface area contributed by atoms with Crippen molar-refractivity contribution in [1.29, 1.82) is 0 Å². The molecule has 0 bridgehead atoms. The van der Waals surface area contributed by atoms with Crippen LogP contribution in [0.1, 0.15) is 29.2 Å². The van der Waals surface area contributed by atoms with Gasteiger partial charge >= 0.3 is 12.1 Å². The smallest absolute Gasteiger partial charge is 0.425 e. The molecule has 1 aliphatic carbocycles. The van der Waals surface area contributed by atoms with E-state index in [0.29, 0.717) is 26.6 Å². The second kappa shape index (κ2) is 5.69. The Kier molecular flexibility index (Phi) is 4.02. The third kappa shape index (κ3) is 2.91. The number of esters is 1. The van der Waals surface area contributed by atoms with Crippen LogP contribution in [0.3, 0.4) is 0 Å². The van der Waals surface area contributed by atoms with Crippen LogP contribution in [0.2, 0.25) is 0 Å². The van der Waals surface area contributed by atoms with Crippen LogP contribution in [-0.4, -0.2) is 28.8 Å². The highest BCUT2D eigenvalue weighted by Crippen LogP contribution is 2.52.